The Bertz CT molecular complexity index is 1440. The summed E-state index contributed by atoms with van der Waals surface area (Å²) in [7, 11) is 1.51. The fraction of sp³-hybridized carbons (Fsp3) is 0.111. The van der Waals surface area contributed by atoms with Crippen LogP contribution in [0.2, 0.25) is 0 Å². The van der Waals surface area contributed by atoms with Gasteiger partial charge in [-0.2, -0.15) is 4.37 Å². The van der Waals surface area contributed by atoms with Crippen molar-refractivity contribution in [1.29, 1.82) is 0 Å². The van der Waals surface area contributed by atoms with Crippen molar-refractivity contribution in [3.8, 4) is 11.5 Å². The number of hydrogen-bond donors (Lipinski definition) is 4. The fourth-order valence-electron chi connectivity index (χ4n) is 3.82. The maximum atomic E-state index is 14.0. The van der Waals surface area contributed by atoms with Crippen molar-refractivity contribution >= 4 is 40.6 Å². The second-order valence-corrected chi connectivity index (χ2v) is 8.98. The molecule has 1 aromatic heterocycles. The highest BCUT2D eigenvalue weighted by atomic mass is 32.1. The monoisotopic (exact) mass is 531 g/mol. The Kier molecular flexibility index (Phi) is 7.88. The molecule has 38 heavy (non-hydrogen) atoms. The number of benzene rings is 3. The van der Waals surface area contributed by atoms with Gasteiger partial charge in [0.25, 0.3) is 11.8 Å². The molecule has 4 rings (SSSR count). The number of nitrogens with one attached hydrogen (secondary N) is 1. The number of aromatic hydroxyl groups is 1. The molecule has 194 valence electrons. The number of aromatic nitrogens is 1. The minimum Gasteiger partial charge on any atom is -0.508 e. The van der Waals surface area contributed by atoms with Gasteiger partial charge in [-0.1, -0.05) is 42.5 Å². The van der Waals surface area contributed by atoms with Crippen molar-refractivity contribution in [2.75, 3.05) is 17.7 Å². The van der Waals surface area contributed by atoms with Crippen LogP contribution in [0, 0.1) is 0 Å². The summed E-state index contributed by atoms with van der Waals surface area (Å²) in [4.78, 5) is 40.7. The van der Waals surface area contributed by atoms with Gasteiger partial charge in [0.2, 0.25) is 5.91 Å². The number of carbonyl (C=O) groups is 3. The Morgan fingerprint density at radius 3 is 2.26 bits per heavy atom. The van der Waals surface area contributed by atoms with E-state index in [1.165, 1.54) is 24.1 Å². The van der Waals surface area contributed by atoms with Gasteiger partial charge in [0, 0.05) is 12.2 Å². The van der Waals surface area contributed by atoms with Gasteiger partial charge in [-0.25, -0.2) is 0 Å². The Morgan fingerprint density at radius 1 is 1.03 bits per heavy atom. The van der Waals surface area contributed by atoms with Gasteiger partial charge in [0.1, 0.15) is 22.4 Å². The molecule has 1 atom stereocenters. The number of methoxy groups -OCH3 is 1. The summed E-state index contributed by atoms with van der Waals surface area (Å²) in [6.45, 7) is 0.216. The highest BCUT2D eigenvalue weighted by Gasteiger charge is 2.36. The van der Waals surface area contributed by atoms with E-state index in [0.717, 1.165) is 5.56 Å². The molecule has 4 aromatic rings. The molecular formula is C27H25N5O5S. The third-order valence-electron chi connectivity index (χ3n) is 5.75. The summed E-state index contributed by atoms with van der Waals surface area (Å²) in [5.41, 5.74) is 12.7. The Morgan fingerprint density at radius 2 is 1.68 bits per heavy atom. The summed E-state index contributed by atoms with van der Waals surface area (Å²) in [6.07, 6.45) is 0. The van der Waals surface area contributed by atoms with E-state index >= 15 is 0 Å². The summed E-state index contributed by atoms with van der Waals surface area (Å²) in [6, 6.07) is 20.6. The van der Waals surface area contributed by atoms with Crippen LogP contribution in [0.5, 0.6) is 11.5 Å². The number of hydrogen-bond acceptors (Lipinski definition) is 8. The average molecular weight is 532 g/mol. The first kappa shape index (κ1) is 26.2. The van der Waals surface area contributed by atoms with Crippen molar-refractivity contribution in [2.24, 2.45) is 5.73 Å². The lowest BCUT2D eigenvalue weighted by Crippen LogP contribution is -2.44. The Labute approximate surface area is 222 Å². The Hall–Kier alpha value is -4.90. The SMILES string of the molecule is COc1ccc(N(C(=O)c2snc(C(N)=O)c2N)[C@H](C(=O)NCc2ccccc2)c2ccc(O)cc2)cc1. The highest BCUT2D eigenvalue weighted by molar-refractivity contribution is 7.09. The first-order valence-electron chi connectivity index (χ1n) is 11.4. The molecule has 0 saturated heterocycles. The van der Waals surface area contributed by atoms with Gasteiger partial charge in [-0.3, -0.25) is 19.3 Å². The molecule has 0 aliphatic carbocycles. The van der Waals surface area contributed by atoms with E-state index in [0.29, 0.717) is 28.5 Å². The lowest BCUT2D eigenvalue weighted by Gasteiger charge is -2.31. The van der Waals surface area contributed by atoms with Crippen LogP contribution in [0.1, 0.15) is 37.3 Å². The van der Waals surface area contributed by atoms with Gasteiger partial charge in [0.15, 0.2) is 5.69 Å². The molecule has 3 amide bonds. The molecule has 0 bridgehead atoms. The topological polar surface area (TPSA) is 161 Å². The fourth-order valence-corrected chi connectivity index (χ4v) is 4.56. The minimum absolute atomic E-state index is 0.00248. The zero-order valence-corrected chi connectivity index (χ0v) is 21.1. The quantitative estimate of drug-likeness (QED) is 0.258. The number of ether oxygens (including phenoxy) is 1. The van der Waals surface area contributed by atoms with E-state index in [2.05, 4.69) is 9.69 Å². The van der Waals surface area contributed by atoms with E-state index in [1.807, 2.05) is 30.3 Å². The second kappa shape index (κ2) is 11.4. The third kappa shape index (κ3) is 5.57. The first-order chi connectivity index (χ1) is 18.3. The lowest BCUT2D eigenvalue weighted by molar-refractivity contribution is -0.122. The van der Waals surface area contributed by atoms with Gasteiger partial charge >= 0.3 is 0 Å². The van der Waals surface area contributed by atoms with Crippen LogP contribution in [-0.2, 0) is 11.3 Å². The molecule has 1 heterocycles. The van der Waals surface area contributed by atoms with Gasteiger partial charge in [-0.15, -0.1) is 0 Å². The molecule has 0 unspecified atom stereocenters. The number of amides is 3. The number of rotatable bonds is 9. The molecule has 6 N–H and O–H groups in total. The third-order valence-corrected chi connectivity index (χ3v) is 6.60. The molecule has 10 nitrogen and oxygen atoms in total. The first-order valence-corrected chi connectivity index (χ1v) is 12.2. The summed E-state index contributed by atoms with van der Waals surface area (Å²) >= 11 is 0.717. The van der Waals surface area contributed by atoms with Crippen molar-refractivity contribution in [1.82, 2.24) is 9.69 Å². The lowest BCUT2D eigenvalue weighted by atomic mass is 10.0. The summed E-state index contributed by atoms with van der Waals surface area (Å²) in [5.74, 6) is -1.47. The van der Waals surface area contributed by atoms with Gasteiger partial charge in [0.05, 0.1) is 12.8 Å². The summed E-state index contributed by atoms with van der Waals surface area (Å²) < 4.78 is 9.19. The Balaban J connectivity index is 1.82. The van der Waals surface area contributed by atoms with Crippen LogP contribution in [0.3, 0.4) is 0 Å². The molecule has 0 aliphatic heterocycles. The number of carbonyl (C=O) groups excluding carboxylic acids is 3. The molecule has 11 heteroatoms. The normalized spacial score (nSPS) is 11.4. The predicted octanol–water partition coefficient (Wildman–Crippen LogP) is 3.24. The number of phenols is 1. The number of primary amides is 1. The second-order valence-electron chi connectivity index (χ2n) is 8.21. The highest BCUT2D eigenvalue weighted by Crippen LogP contribution is 2.34. The maximum absolute atomic E-state index is 14.0. The van der Waals surface area contributed by atoms with Crippen LogP contribution in [0.25, 0.3) is 0 Å². The molecular weight excluding hydrogens is 506 g/mol. The van der Waals surface area contributed by atoms with E-state index in [1.54, 1.807) is 36.4 Å². The van der Waals surface area contributed by atoms with Crippen molar-refractivity contribution in [2.45, 2.75) is 12.6 Å². The zero-order valence-electron chi connectivity index (χ0n) is 20.3. The number of phenolic OH excluding ortho intramolecular Hbond substituents is 1. The van der Waals surface area contributed by atoms with E-state index in [4.69, 9.17) is 16.2 Å². The number of nitrogens with zero attached hydrogens (tertiary/aromatic N) is 2. The predicted molar refractivity (Wildman–Crippen MR) is 144 cm³/mol. The van der Waals surface area contributed by atoms with Crippen LogP contribution >= 0.6 is 11.5 Å². The number of nitrogen functional groups attached to an aromatic ring is 1. The molecule has 0 fully saturated rings. The standard InChI is InChI=1S/C27H25N5O5S/c1-37-20-13-9-18(10-14-20)32(27(36)24-21(28)22(25(29)34)31-38-24)23(17-7-11-19(33)12-8-17)26(35)30-15-16-5-3-2-4-6-16/h2-14,23,33H,15,28H2,1H3,(H2,29,34)(H,30,35)/t23-/m0/s1. The average Bonchev–Trinajstić information content (AvgIpc) is 3.33. The molecule has 0 spiro atoms. The van der Waals surface area contributed by atoms with E-state index < -0.39 is 23.8 Å². The van der Waals surface area contributed by atoms with Crippen LogP contribution in [0.4, 0.5) is 11.4 Å². The maximum Gasteiger partial charge on any atom is 0.273 e. The van der Waals surface area contributed by atoms with E-state index in [-0.39, 0.29) is 28.6 Å². The van der Waals surface area contributed by atoms with Crippen molar-refractivity contribution < 1.29 is 24.2 Å². The van der Waals surface area contributed by atoms with Crippen LogP contribution in [-0.4, -0.2) is 34.3 Å². The van der Waals surface area contributed by atoms with E-state index in [9.17, 15) is 19.5 Å². The largest absolute Gasteiger partial charge is 0.508 e. The minimum atomic E-state index is -1.18. The molecule has 0 radical (unpaired) electrons. The van der Waals surface area contributed by atoms with Gasteiger partial charge in [-0.05, 0) is 59.1 Å². The number of nitrogens with two attached hydrogens (primary N) is 2. The summed E-state index contributed by atoms with van der Waals surface area (Å²) in [5, 5.41) is 12.8. The van der Waals surface area contributed by atoms with Crippen LogP contribution in [0.15, 0.2) is 78.9 Å². The van der Waals surface area contributed by atoms with Crippen molar-refractivity contribution in [3.05, 3.63) is 101 Å². The van der Waals surface area contributed by atoms with Gasteiger partial charge < -0.3 is 26.6 Å². The van der Waals surface area contributed by atoms with Crippen molar-refractivity contribution in [3.63, 3.8) is 0 Å². The number of anilines is 2. The zero-order chi connectivity index (χ0) is 27.2. The van der Waals surface area contributed by atoms with Crippen LogP contribution < -0.4 is 26.4 Å². The molecule has 0 saturated carbocycles. The smallest absolute Gasteiger partial charge is 0.273 e. The molecule has 3 aromatic carbocycles. The molecule has 0 aliphatic rings.